The summed E-state index contributed by atoms with van der Waals surface area (Å²) in [6.45, 7) is 5.39. The Labute approximate surface area is 163 Å². The van der Waals surface area contributed by atoms with E-state index in [4.69, 9.17) is 14.2 Å². The van der Waals surface area contributed by atoms with Gasteiger partial charge in [0.05, 0.1) is 20.3 Å². The molecular weight excluding hydrogens is 363 g/mol. The number of hydrogen-bond acceptors (Lipinski definition) is 5. The molecule has 0 saturated carbocycles. The molecule has 0 amide bonds. The maximum atomic E-state index is 14.6. The molecule has 0 aliphatic carbocycles. The molecule has 0 radical (unpaired) electrons. The molecule has 28 heavy (non-hydrogen) atoms. The Hall–Kier alpha value is -3.15. The number of esters is 1. The Morgan fingerprint density at radius 3 is 2.39 bits per heavy atom. The molecule has 6 heteroatoms. The first kappa shape index (κ1) is 21.2. The third kappa shape index (κ3) is 5.94. The van der Waals surface area contributed by atoms with Crippen LogP contribution in [-0.2, 0) is 25.5 Å². The highest BCUT2D eigenvalue weighted by Crippen LogP contribution is 2.25. The zero-order valence-corrected chi connectivity index (χ0v) is 15.9. The number of methoxy groups -OCH3 is 1. The van der Waals surface area contributed by atoms with Gasteiger partial charge in [-0.3, -0.25) is 4.79 Å². The predicted molar refractivity (Wildman–Crippen MR) is 103 cm³/mol. The van der Waals surface area contributed by atoms with Crippen molar-refractivity contribution in [3.8, 4) is 16.9 Å². The quantitative estimate of drug-likeness (QED) is 0.351. The normalized spacial score (nSPS) is 11.4. The fourth-order valence-corrected chi connectivity index (χ4v) is 2.64. The fourth-order valence-electron chi connectivity index (χ4n) is 2.64. The summed E-state index contributed by atoms with van der Waals surface area (Å²) in [4.78, 5) is 22.1. The van der Waals surface area contributed by atoms with Gasteiger partial charge in [-0.1, -0.05) is 30.8 Å². The van der Waals surface area contributed by atoms with Gasteiger partial charge in [0.25, 0.3) is 6.47 Å². The highest BCUT2D eigenvalue weighted by Gasteiger charge is 2.17. The summed E-state index contributed by atoms with van der Waals surface area (Å²) in [5.74, 6) is -0.555. The largest absolute Gasteiger partial charge is 0.497 e. The van der Waals surface area contributed by atoms with E-state index in [9.17, 15) is 14.0 Å². The predicted octanol–water partition coefficient (Wildman–Crippen LogP) is 3.95. The molecule has 0 spiro atoms. The van der Waals surface area contributed by atoms with Crippen LogP contribution in [0, 0.1) is 11.7 Å². The molecular formula is C22H23FO5. The van der Waals surface area contributed by atoms with Crippen molar-refractivity contribution < 1.29 is 28.2 Å². The lowest BCUT2D eigenvalue weighted by Gasteiger charge is -2.17. The van der Waals surface area contributed by atoms with Crippen LogP contribution in [0.1, 0.15) is 12.5 Å². The van der Waals surface area contributed by atoms with Crippen molar-refractivity contribution in [1.82, 2.24) is 0 Å². The highest BCUT2D eigenvalue weighted by atomic mass is 19.1. The van der Waals surface area contributed by atoms with Crippen LogP contribution in [0.4, 0.5) is 4.39 Å². The molecule has 2 rings (SSSR count). The van der Waals surface area contributed by atoms with Crippen molar-refractivity contribution in [2.24, 2.45) is 5.92 Å². The molecule has 5 nitrogen and oxygen atoms in total. The van der Waals surface area contributed by atoms with Crippen molar-refractivity contribution >= 4 is 12.4 Å². The topological polar surface area (TPSA) is 61.8 Å². The first-order valence-corrected chi connectivity index (χ1v) is 8.75. The smallest absolute Gasteiger partial charge is 0.333 e. The molecule has 0 fully saturated rings. The first-order chi connectivity index (χ1) is 13.4. The van der Waals surface area contributed by atoms with Crippen LogP contribution in [0.2, 0.25) is 0 Å². The minimum absolute atomic E-state index is 0.000789. The van der Waals surface area contributed by atoms with Gasteiger partial charge in [-0.15, -0.1) is 0 Å². The standard InChI is InChI=1S/C22H23FO5/c1-15(2)22(25)28-13-16(12-27-14-24)10-19-5-4-18(11-21(19)23)17-6-8-20(26-3)9-7-17/h4-9,11,14,16H,1,10,12-13H2,2-3H3. The average molecular weight is 386 g/mol. The van der Waals surface area contributed by atoms with Crippen LogP contribution in [0.5, 0.6) is 5.75 Å². The Morgan fingerprint density at radius 1 is 1.14 bits per heavy atom. The Balaban J connectivity index is 2.11. The summed E-state index contributed by atoms with van der Waals surface area (Å²) >= 11 is 0. The zero-order valence-electron chi connectivity index (χ0n) is 15.9. The van der Waals surface area contributed by atoms with Crippen LogP contribution in [0.15, 0.2) is 54.6 Å². The third-order valence-electron chi connectivity index (χ3n) is 4.18. The van der Waals surface area contributed by atoms with Crippen molar-refractivity contribution in [2.75, 3.05) is 20.3 Å². The lowest BCUT2D eigenvalue weighted by atomic mass is 9.97. The lowest BCUT2D eigenvalue weighted by molar-refractivity contribution is -0.141. The summed E-state index contributed by atoms with van der Waals surface area (Å²) < 4.78 is 29.7. The SMILES string of the molecule is C=C(C)C(=O)OCC(COC=O)Cc1ccc(-c2ccc(OC)cc2)cc1F. The van der Waals surface area contributed by atoms with Gasteiger partial charge in [-0.25, -0.2) is 9.18 Å². The monoisotopic (exact) mass is 386 g/mol. The Kier molecular flexibility index (Phi) is 7.75. The summed E-state index contributed by atoms with van der Waals surface area (Å²) in [5, 5.41) is 0. The molecule has 0 saturated heterocycles. The van der Waals surface area contributed by atoms with E-state index >= 15 is 0 Å². The van der Waals surface area contributed by atoms with Crippen LogP contribution < -0.4 is 4.74 Å². The van der Waals surface area contributed by atoms with E-state index in [1.807, 2.05) is 30.3 Å². The van der Waals surface area contributed by atoms with Crippen LogP contribution in [-0.4, -0.2) is 32.8 Å². The van der Waals surface area contributed by atoms with Crippen molar-refractivity contribution in [1.29, 1.82) is 0 Å². The maximum absolute atomic E-state index is 14.6. The number of rotatable bonds is 10. The number of carbonyl (C=O) groups excluding carboxylic acids is 2. The van der Waals surface area contributed by atoms with Gasteiger partial charge in [-0.05, 0) is 48.2 Å². The summed E-state index contributed by atoms with van der Waals surface area (Å²) in [5.41, 5.74) is 2.31. The molecule has 0 aromatic heterocycles. The molecule has 2 aromatic carbocycles. The van der Waals surface area contributed by atoms with Gasteiger partial charge in [0, 0.05) is 11.5 Å². The second-order valence-electron chi connectivity index (χ2n) is 6.41. The first-order valence-electron chi connectivity index (χ1n) is 8.75. The van der Waals surface area contributed by atoms with E-state index in [1.54, 1.807) is 13.2 Å². The molecule has 148 valence electrons. The summed E-state index contributed by atoms with van der Waals surface area (Å²) in [6, 6.07) is 12.3. The van der Waals surface area contributed by atoms with Gasteiger partial charge in [0.1, 0.15) is 11.6 Å². The Bertz CT molecular complexity index is 829. The number of benzene rings is 2. The molecule has 0 heterocycles. The van der Waals surface area contributed by atoms with Gasteiger partial charge in [0.2, 0.25) is 0 Å². The van der Waals surface area contributed by atoms with E-state index in [0.29, 0.717) is 12.0 Å². The summed E-state index contributed by atoms with van der Waals surface area (Å²) in [7, 11) is 1.59. The number of hydrogen-bond donors (Lipinski definition) is 0. The van der Waals surface area contributed by atoms with Crippen molar-refractivity contribution in [3.63, 3.8) is 0 Å². The van der Waals surface area contributed by atoms with Gasteiger partial charge in [-0.2, -0.15) is 0 Å². The van der Waals surface area contributed by atoms with E-state index in [2.05, 4.69) is 6.58 Å². The second-order valence-corrected chi connectivity index (χ2v) is 6.41. The average Bonchev–Trinajstić information content (AvgIpc) is 2.70. The molecule has 0 aliphatic rings. The van der Waals surface area contributed by atoms with Gasteiger partial charge in [0.15, 0.2) is 0 Å². The van der Waals surface area contributed by atoms with Gasteiger partial charge >= 0.3 is 5.97 Å². The van der Waals surface area contributed by atoms with E-state index < -0.39 is 5.97 Å². The highest BCUT2D eigenvalue weighted by molar-refractivity contribution is 5.86. The Morgan fingerprint density at radius 2 is 1.82 bits per heavy atom. The molecule has 1 unspecified atom stereocenters. The molecule has 0 aliphatic heterocycles. The van der Waals surface area contributed by atoms with E-state index in [1.165, 1.54) is 13.0 Å². The molecule has 1 atom stereocenters. The number of carbonyl (C=O) groups is 2. The van der Waals surface area contributed by atoms with Crippen molar-refractivity contribution in [2.45, 2.75) is 13.3 Å². The van der Waals surface area contributed by atoms with Gasteiger partial charge < -0.3 is 14.2 Å². The maximum Gasteiger partial charge on any atom is 0.333 e. The van der Waals surface area contributed by atoms with E-state index in [0.717, 1.165) is 16.9 Å². The number of ether oxygens (including phenoxy) is 3. The summed E-state index contributed by atoms with van der Waals surface area (Å²) in [6.07, 6.45) is 0.256. The minimum Gasteiger partial charge on any atom is -0.497 e. The number of halogens is 1. The molecule has 2 aromatic rings. The van der Waals surface area contributed by atoms with Crippen LogP contribution in [0.25, 0.3) is 11.1 Å². The van der Waals surface area contributed by atoms with E-state index in [-0.39, 0.29) is 36.9 Å². The lowest BCUT2D eigenvalue weighted by Crippen LogP contribution is -2.21. The van der Waals surface area contributed by atoms with Crippen LogP contribution in [0.3, 0.4) is 0 Å². The fraction of sp³-hybridized carbons (Fsp3) is 0.273. The van der Waals surface area contributed by atoms with Crippen LogP contribution >= 0.6 is 0 Å². The van der Waals surface area contributed by atoms with Crippen molar-refractivity contribution in [3.05, 3.63) is 66.0 Å². The second kappa shape index (κ2) is 10.3. The molecule has 0 N–H and O–H groups in total. The third-order valence-corrected chi connectivity index (χ3v) is 4.18. The molecule has 0 bridgehead atoms. The minimum atomic E-state index is -0.536. The zero-order chi connectivity index (χ0) is 20.5.